The van der Waals surface area contributed by atoms with E-state index >= 15 is 0 Å². The van der Waals surface area contributed by atoms with E-state index in [0.717, 1.165) is 11.3 Å². The smallest absolute Gasteiger partial charge is 0.408 e. The highest BCUT2D eigenvalue weighted by Gasteiger charge is 2.25. The fourth-order valence-corrected chi connectivity index (χ4v) is 1.59. The number of hydrogen-bond acceptors (Lipinski definition) is 5. The number of nitrogens with one attached hydrogen (secondary N) is 3. The van der Waals surface area contributed by atoms with Crippen LogP contribution in [0.3, 0.4) is 0 Å². The van der Waals surface area contributed by atoms with Gasteiger partial charge in [-0.25, -0.2) is 10.2 Å². The van der Waals surface area contributed by atoms with Crippen molar-refractivity contribution in [3.05, 3.63) is 29.8 Å². The topological polar surface area (TPSA) is 88.7 Å². The first-order valence-corrected chi connectivity index (χ1v) is 5.78. The normalized spacial score (nSPS) is 17.7. The van der Waals surface area contributed by atoms with Crippen molar-refractivity contribution < 1.29 is 19.1 Å². The maximum Gasteiger partial charge on any atom is 0.408 e. The zero-order chi connectivity index (χ0) is 13.7. The minimum absolute atomic E-state index is 0.137. The number of alkyl carbamates (subject to hydrolysis) is 1. The van der Waals surface area contributed by atoms with E-state index in [0.29, 0.717) is 6.54 Å². The Morgan fingerprint density at radius 2 is 2.16 bits per heavy atom. The fraction of sp³-hybridized carbons (Fsp3) is 0.333. The summed E-state index contributed by atoms with van der Waals surface area (Å²) in [6.07, 6.45) is -0.625. The molecule has 19 heavy (non-hydrogen) atoms. The summed E-state index contributed by atoms with van der Waals surface area (Å²) in [6, 6.07) is 6.57. The Morgan fingerprint density at radius 3 is 2.74 bits per heavy atom. The van der Waals surface area contributed by atoms with Gasteiger partial charge in [0, 0.05) is 6.54 Å². The van der Waals surface area contributed by atoms with Gasteiger partial charge in [-0.1, -0.05) is 12.1 Å². The zero-order valence-electron chi connectivity index (χ0n) is 10.4. The number of methoxy groups -OCH3 is 1. The lowest BCUT2D eigenvalue weighted by atomic mass is 10.2. The van der Waals surface area contributed by atoms with Crippen LogP contribution < -0.4 is 20.9 Å². The summed E-state index contributed by atoms with van der Waals surface area (Å²) < 4.78 is 10.0. The number of carbonyl (C=O) groups is 2. The van der Waals surface area contributed by atoms with Gasteiger partial charge in [0.1, 0.15) is 18.4 Å². The molecular weight excluding hydrogens is 250 g/mol. The molecule has 0 spiro atoms. The second-order valence-corrected chi connectivity index (χ2v) is 3.99. The molecule has 2 amide bonds. The lowest BCUT2D eigenvalue weighted by molar-refractivity contribution is -0.121. The van der Waals surface area contributed by atoms with Gasteiger partial charge in [0.25, 0.3) is 5.91 Å². The third kappa shape index (κ3) is 3.59. The number of rotatable bonds is 4. The third-order valence-electron chi connectivity index (χ3n) is 2.66. The SMILES string of the molecule is COc1ccc(COC(=O)N[C@H]2CNNC2=O)cc1. The monoisotopic (exact) mass is 265 g/mol. The third-order valence-corrected chi connectivity index (χ3v) is 2.66. The van der Waals surface area contributed by atoms with Gasteiger partial charge in [0.2, 0.25) is 0 Å². The standard InChI is InChI=1S/C12H15N3O4/c1-18-9-4-2-8(3-5-9)7-19-12(17)14-10-6-13-15-11(10)16/h2-5,10,13H,6-7H2,1H3,(H,14,17)(H,15,16)/t10-/m0/s1. The van der Waals surface area contributed by atoms with Crippen molar-refractivity contribution in [1.82, 2.24) is 16.2 Å². The van der Waals surface area contributed by atoms with E-state index in [1.807, 2.05) is 0 Å². The molecule has 0 aromatic heterocycles. The molecule has 1 aromatic rings. The highest BCUT2D eigenvalue weighted by molar-refractivity contribution is 5.87. The van der Waals surface area contributed by atoms with Gasteiger partial charge in [0.05, 0.1) is 7.11 Å². The molecule has 2 rings (SSSR count). The van der Waals surface area contributed by atoms with Crippen LogP contribution >= 0.6 is 0 Å². The van der Waals surface area contributed by atoms with Gasteiger partial charge in [-0.3, -0.25) is 10.2 Å². The van der Waals surface area contributed by atoms with E-state index < -0.39 is 12.1 Å². The van der Waals surface area contributed by atoms with Gasteiger partial charge in [0.15, 0.2) is 0 Å². The summed E-state index contributed by atoms with van der Waals surface area (Å²) in [6.45, 7) is 0.480. The molecule has 1 aromatic carbocycles. The van der Waals surface area contributed by atoms with E-state index in [9.17, 15) is 9.59 Å². The van der Waals surface area contributed by atoms with Crippen LogP contribution in [0.1, 0.15) is 5.56 Å². The second kappa shape index (κ2) is 6.05. The quantitative estimate of drug-likeness (QED) is 0.709. The predicted octanol–water partition coefficient (Wildman–Crippen LogP) is -0.0756. The predicted molar refractivity (Wildman–Crippen MR) is 66.2 cm³/mol. The Labute approximate surface area is 110 Å². The Balaban J connectivity index is 1.77. The number of hydrogen-bond donors (Lipinski definition) is 3. The highest BCUT2D eigenvalue weighted by atomic mass is 16.5. The minimum atomic E-state index is -0.625. The van der Waals surface area contributed by atoms with E-state index in [1.54, 1.807) is 31.4 Å². The molecule has 3 N–H and O–H groups in total. The Bertz CT molecular complexity index is 461. The van der Waals surface area contributed by atoms with Crippen molar-refractivity contribution >= 4 is 12.0 Å². The second-order valence-electron chi connectivity index (χ2n) is 3.99. The molecule has 1 atom stereocenters. The van der Waals surface area contributed by atoms with Crippen LogP contribution in [0.15, 0.2) is 24.3 Å². The van der Waals surface area contributed by atoms with Crippen LogP contribution in [0.2, 0.25) is 0 Å². The van der Waals surface area contributed by atoms with Crippen molar-refractivity contribution in [2.75, 3.05) is 13.7 Å². The molecule has 0 radical (unpaired) electrons. The van der Waals surface area contributed by atoms with E-state index in [4.69, 9.17) is 9.47 Å². The van der Waals surface area contributed by atoms with Gasteiger partial charge in [-0.15, -0.1) is 0 Å². The molecule has 1 aliphatic heterocycles. The van der Waals surface area contributed by atoms with Crippen molar-refractivity contribution in [1.29, 1.82) is 0 Å². The van der Waals surface area contributed by atoms with Crippen LogP contribution in [0, 0.1) is 0 Å². The maximum absolute atomic E-state index is 11.5. The van der Waals surface area contributed by atoms with Crippen molar-refractivity contribution in [2.24, 2.45) is 0 Å². The first-order valence-electron chi connectivity index (χ1n) is 5.78. The number of hydrazine groups is 1. The van der Waals surface area contributed by atoms with Crippen LogP contribution in [0.4, 0.5) is 4.79 Å². The van der Waals surface area contributed by atoms with Gasteiger partial charge in [-0.05, 0) is 17.7 Å². The molecule has 7 nitrogen and oxygen atoms in total. The summed E-state index contributed by atoms with van der Waals surface area (Å²) >= 11 is 0. The number of carbonyl (C=O) groups excluding carboxylic acids is 2. The molecule has 7 heteroatoms. The first kappa shape index (κ1) is 13.2. The maximum atomic E-state index is 11.5. The van der Waals surface area contributed by atoms with Gasteiger partial charge >= 0.3 is 6.09 Å². The van der Waals surface area contributed by atoms with Crippen LogP contribution in [-0.2, 0) is 16.1 Å². The average molecular weight is 265 g/mol. The minimum Gasteiger partial charge on any atom is -0.497 e. The molecule has 1 fully saturated rings. The molecule has 1 aliphatic rings. The molecule has 1 saturated heterocycles. The van der Waals surface area contributed by atoms with Crippen molar-refractivity contribution in [3.8, 4) is 5.75 Å². The van der Waals surface area contributed by atoms with Crippen LogP contribution in [-0.4, -0.2) is 31.7 Å². The Hall–Kier alpha value is -2.28. The van der Waals surface area contributed by atoms with Crippen molar-refractivity contribution in [2.45, 2.75) is 12.6 Å². The summed E-state index contributed by atoms with van der Waals surface area (Å²) in [4.78, 5) is 22.7. The molecule has 1 heterocycles. The molecule has 0 unspecified atom stereocenters. The molecule has 0 saturated carbocycles. The van der Waals surface area contributed by atoms with Crippen LogP contribution in [0.25, 0.3) is 0 Å². The van der Waals surface area contributed by atoms with E-state index in [2.05, 4.69) is 16.2 Å². The van der Waals surface area contributed by atoms with Crippen LogP contribution in [0.5, 0.6) is 5.75 Å². The van der Waals surface area contributed by atoms with E-state index in [-0.39, 0.29) is 12.5 Å². The van der Waals surface area contributed by atoms with Gasteiger partial charge in [-0.2, -0.15) is 0 Å². The van der Waals surface area contributed by atoms with Crippen molar-refractivity contribution in [3.63, 3.8) is 0 Å². The number of amides is 2. The molecular formula is C12H15N3O4. The highest BCUT2D eigenvalue weighted by Crippen LogP contribution is 2.11. The van der Waals surface area contributed by atoms with E-state index in [1.165, 1.54) is 0 Å². The Kier molecular flexibility index (Phi) is 4.19. The number of benzene rings is 1. The summed E-state index contributed by atoms with van der Waals surface area (Å²) in [5.74, 6) is 0.461. The first-order chi connectivity index (χ1) is 9.19. The lowest BCUT2D eigenvalue weighted by Crippen LogP contribution is -2.41. The molecule has 0 aliphatic carbocycles. The average Bonchev–Trinajstić information content (AvgIpc) is 2.82. The lowest BCUT2D eigenvalue weighted by Gasteiger charge is -2.10. The summed E-state index contributed by atoms with van der Waals surface area (Å²) in [7, 11) is 1.58. The van der Waals surface area contributed by atoms with Gasteiger partial charge < -0.3 is 14.8 Å². The summed E-state index contributed by atoms with van der Waals surface area (Å²) in [5.41, 5.74) is 5.86. The molecule has 102 valence electrons. The fourth-order valence-electron chi connectivity index (χ4n) is 1.59. The number of ether oxygens (including phenoxy) is 2. The summed E-state index contributed by atoms with van der Waals surface area (Å²) in [5, 5.41) is 2.46. The molecule has 0 bridgehead atoms. The largest absolute Gasteiger partial charge is 0.497 e. The Morgan fingerprint density at radius 1 is 1.42 bits per heavy atom. The zero-order valence-corrected chi connectivity index (χ0v) is 10.4.